The molecule has 0 radical (unpaired) electrons. The number of ether oxygens (including phenoxy) is 1. The second kappa shape index (κ2) is 6.85. The summed E-state index contributed by atoms with van der Waals surface area (Å²) in [5, 5.41) is 2.48. The average molecular weight is 361 g/mol. The van der Waals surface area contributed by atoms with Crippen LogP contribution < -0.4 is 10.1 Å². The summed E-state index contributed by atoms with van der Waals surface area (Å²) in [6.07, 6.45) is 0. The van der Waals surface area contributed by atoms with Crippen molar-refractivity contribution in [2.24, 2.45) is 0 Å². The van der Waals surface area contributed by atoms with E-state index in [0.717, 1.165) is 6.07 Å². The fourth-order valence-electron chi connectivity index (χ4n) is 1.31. The second-order valence-electron chi connectivity index (χ2n) is 4.16. The third kappa shape index (κ3) is 5.01. The molecule has 0 heterocycles. The Bertz CT molecular complexity index is 616. The van der Waals surface area contributed by atoms with E-state index >= 15 is 0 Å². The molecular weight excluding hydrogens is 349 g/mol. The van der Waals surface area contributed by atoms with Gasteiger partial charge in [0.1, 0.15) is 10.6 Å². The molecule has 0 aromatic heterocycles. The van der Waals surface area contributed by atoms with Crippen LogP contribution in [0.25, 0.3) is 0 Å². The van der Waals surface area contributed by atoms with Crippen LogP contribution in [0.15, 0.2) is 17.0 Å². The van der Waals surface area contributed by atoms with Gasteiger partial charge in [-0.05, 0) is 19.9 Å². The van der Waals surface area contributed by atoms with Crippen LogP contribution in [0.5, 0.6) is 5.75 Å². The van der Waals surface area contributed by atoms with Crippen molar-refractivity contribution in [2.45, 2.75) is 24.8 Å². The highest BCUT2D eigenvalue weighted by molar-refractivity contribution is 8.13. The first-order chi connectivity index (χ1) is 9.11. The maximum Gasteiger partial charge on any atom is 0.262 e. The minimum Gasteiger partial charge on any atom is -0.482 e. The van der Waals surface area contributed by atoms with Crippen molar-refractivity contribution in [1.29, 1.82) is 0 Å². The molecule has 0 aliphatic heterocycles. The number of carbonyl (C=O) groups is 1. The zero-order valence-electron chi connectivity index (χ0n) is 10.6. The Morgan fingerprint density at radius 2 is 1.90 bits per heavy atom. The van der Waals surface area contributed by atoms with Gasteiger partial charge in [0.2, 0.25) is 0 Å². The fraction of sp³-hybridized carbons (Fsp3) is 0.364. The van der Waals surface area contributed by atoms with Gasteiger partial charge in [-0.25, -0.2) is 8.42 Å². The smallest absolute Gasteiger partial charge is 0.262 e. The fourth-order valence-corrected chi connectivity index (χ4v) is 3.11. The number of rotatable bonds is 5. The van der Waals surface area contributed by atoms with Crippen molar-refractivity contribution in [3.05, 3.63) is 22.2 Å². The number of carbonyl (C=O) groups excluding carboxylic acids is 1. The topological polar surface area (TPSA) is 72.5 Å². The first-order valence-electron chi connectivity index (χ1n) is 5.47. The molecule has 0 atom stereocenters. The van der Waals surface area contributed by atoms with Gasteiger partial charge in [0.05, 0.1) is 10.0 Å². The van der Waals surface area contributed by atoms with Gasteiger partial charge in [-0.15, -0.1) is 0 Å². The van der Waals surface area contributed by atoms with Crippen LogP contribution in [0.3, 0.4) is 0 Å². The number of nitrogens with one attached hydrogen (secondary N) is 1. The lowest BCUT2D eigenvalue weighted by Crippen LogP contribution is -2.34. The molecule has 0 spiro atoms. The van der Waals surface area contributed by atoms with E-state index in [0.29, 0.717) is 0 Å². The maximum absolute atomic E-state index is 11.4. The molecule has 1 amide bonds. The Morgan fingerprint density at radius 1 is 1.30 bits per heavy atom. The molecule has 112 valence electrons. The lowest BCUT2D eigenvalue weighted by Gasteiger charge is -2.11. The Balaban J connectivity index is 2.89. The molecule has 0 fully saturated rings. The van der Waals surface area contributed by atoms with E-state index < -0.39 is 9.05 Å². The number of hydrogen-bond donors (Lipinski definition) is 1. The third-order valence-electron chi connectivity index (χ3n) is 2.06. The zero-order valence-corrected chi connectivity index (χ0v) is 13.7. The molecule has 0 unspecified atom stereocenters. The van der Waals surface area contributed by atoms with Gasteiger partial charge in [0.15, 0.2) is 6.61 Å². The molecule has 0 saturated carbocycles. The first-order valence-corrected chi connectivity index (χ1v) is 8.53. The zero-order chi connectivity index (χ0) is 15.5. The Labute approximate surface area is 131 Å². The summed E-state index contributed by atoms with van der Waals surface area (Å²) in [6, 6.07) is 2.25. The molecule has 0 aliphatic carbocycles. The van der Waals surface area contributed by atoms with Crippen LogP contribution in [0.4, 0.5) is 0 Å². The van der Waals surface area contributed by atoms with Gasteiger partial charge in [-0.3, -0.25) is 4.79 Å². The van der Waals surface area contributed by atoms with Crippen molar-refractivity contribution in [2.75, 3.05) is 6.61 Å². The summed E-state index contributed by atoms with van der Waals surface area (Å²) in [4.78, 5) is 11.1. The van der Waals surface area contributed by atoms with Gasteiger partial charge < -0.3 is 10.1 Å². The van der Waals surface area contributed by atoms with Crippen LogP contribution in [0.1, 0.15) is 13.8 Å². The number of amides is 1. The average Bonchev–Trinajstić information content (AvgIpc) is 2.27. The molecule has 1 aromatic rings. The summed E-state index contributed by atoms with van der Waals surface area (Å²) in [5.41, 5.74) is 0. The molecule has 1 aromatic carbocycles. The molecule has 0 saturated heterocycles. The summed E-state index contributed by atoms with van der Waals surface area (Å²) >= 11 is 11.6. The van der Waals surface area contributed by atoms with E-state index in [1.807, 2.05) is 13.8 Å². The molecule has 0 aliphatic rings. The molecule has 20 heavy (non-hydrogen) atoms. The van der Waals surface area contributed by atoms with Crippen molar-refractivity contribution < 1.29 is 17.9 Å². The van der Waals surface area contributed by atoms with Crippen molar-refractivity contribution in [1.82, 2.24) is 5.32 Å². The van der Waals surface area contributed by atoms with E-state index in [2.05, 4.69) is 5.32 Å². The molecule has 1 rings (SSSR count). The largest absolute Gasteiger partial charge is 0.482 e. The van der Waals surface area contributed by atoms with E-state index in [1.165, 1.54) is 6.07 Å². The van der Waals surface area contributed by atoms with Gasteiger partial charge in [0, 0.05) is 22.8 Å². The third-order valence-corrected chi connectivity index (χ3v) is 4.14. The Kier molecular flexibility index (Phi) is 5.94. The van der Waals surface area contributed by atoms with Gasteiger partial charge in [0.25, 0.3) is 15.0 Å². The van der Waals surface area contributed by atoms with Crippen molar-refractivity contribution in [3.63, 3.8) is 0 Å². The van der Waals surface area contributed by atoms with E-state index in [-0.39, 0.29) is 39.2 Å². The monoisotopic (exact) mass is 359 g/mol. The quantitative estimate of drug-likeness (QED) is 0.820. The number of halogens is 3. The summed E-state index contributed by atoms with van der Waals surface area (Å²) in [5.74, 6) is -0.235. The maximum atomic E-state index is 11.4. The van der Waals surface area contributed by atoms with E-state index in [4.69, 9.17) is 38.6 Å². The highest BCUT2D eigenvalue weighted by atomic mass is 35.7. The number of hydrogen-bond acceptors (Lipinski definition) is 4. The number of benzene rings is 1. The van der Waals surface area contributed by atoms with Gasteiger partial charge >= 0.3 is 0 Å². The summed E-state index contributed by atoms with van der Waals surface area (Å²) in [6.45, 7) is 3.35. The minimum absolute atomic E-state index is 0.00836. The standard InChI is InChI=1S/C11H12Cl3NO4S/c1-6(2)15-11(16)5-19-9-3-8(13)10(4-7(9)12)20(14,17)18/h3-4,6H,5H2,1-2H3,(H,15,16). The molecule has 5 nitrogen and oxygen atoms in total. The van der Waals surface area contributed by atoms with Crippen LogP contribution >= 0.6 is 33.9 Å². The van der Waals surface area contributed by atoms with Crippen LogP contribution in [0.2, 0.25) is 10.0 Å². The summed E-state index contributed by atoms with van der Waals surface area (Å²) < 4.78 is 27.6. The second-order valence-corrected chi connectivity index (χ2v) is 7.51. The molecule has 1 N–H and O–H groups in total. The van der Waals surface area contributed by atoms with Crippen LogP contribution in [-0.4, -0.2) is 27.0 Å². The summed E-state index contributed by atoms with van der Waals surface area (Å²) in [7, 11) is 1.20. The van der Waals surface area contributed by atoms with Gasteiger partial charge in [-0.1, -0.05) is 23.2 Å². The predicted octanol–water partition coefficient (Wildman–Crippen LogP) is 2.82. The molecule has 0 bridgehead atoms. The molecular formula is C11H12Cl3NO4S. The lowest BCUT2D eigenvalue weighted by atomic mass is 10.3. The van der Waals surface area contributed by atoms with Crippen LogP contribution in [0, 0.1) is 0 Å². The Hall–Kier alpha value is -0.690. The molecule has 9 heteroatoms. The SMILES string of the molecule is CC(C)NC(=O)COc1cc(Cl)c(S(=O)(=O)Cl)cc1Cl. The van der Waals surface area contributed by atoms with E-state index in [1.54, 1.807) is 0 Å². The highest BCUT2D eigenvalue weighted by Crippen LogP contribution is 2.34. The van der Waals surface area contributed by atoms with Gasteiger partial charge in [-0.2, -0.15) is 0 Å². The van der Waals surface area contributed by atoms with E-state index in [9.17, 15) is 13.2 Å². The van der Waals surface area contributed by atoms with Crippen LogP contribution in [-0.2, 0) is 13.8 Å². The predicted molar refractivity (Wildman–Crippen MR) is 78.3 cm³/mol. The lowest BCUT2D eigenvalue weighted by molar-refractivity contribution is -0.123. The first kappa shape index (κ1) is 17.4. The Morgan fingerprint density at radius 3 is 2.40 bits per heavy atom. The highest BCUT2D eigenvalue weighted by Gasteiger charge is 2.18. The van der Waals surface area contributed by atoms with Crippen molar-refractivity contribution >= 4 is 48.8 Å². The normalized spacial score (nSPS) is 11.5. The minimum atomic E-state index is -4.00. The van der Waals surface area contributed by atoms with Crippen molar-refractivity contribution in [3.8, 4) is 5.75 Å².